The zero-order valence-electron chi connectivity index (χ0n) is 15.9. The van der Waals surface area contributed by atoms with Gasteiger partial charge in [0.15, 0.2) is 11.5 Å². The number of nitrogens with zero attached hydrogens (tertiary/aromatic N) is 1. The van der Waals surface area contributed by atoms with Gasteiger partial charge in [-0.2, -0.15) is 5.10 Å². The van der Waals surface area contributed by atoms with Crippen molar-refractivity contribution < 1.29 is 19.4 Å². The maximum atomic E-state index is 12.5. The van der Waals surface area contributed by atoms with Gasteiger partial charge in [0.1, 0.15) is 0 Å². The fourth-order valence-electron chi connectivity index (χ4n) is 2.59. The number of aromatic hydroxyl groups is 1. The van der Waals surface area contributed by atoms with Crippen LogP contribution in [0.3, 0.4) is 0 Å². The summed E-state index contributed by atoms with van der Waals surface area (Å²) < 4.78 is 5.03. The molecule has 7 nitrogen and oxygen atoms in total. The molecular weight excluding hydrogens is 406 g/mol. The van der Waals surface area contributed by atoms with Gasteiger partial charge in [-0.25, -0.2) is 5.43 Å². The molecule has 3 N–H and O–H groups in total. The highest BCUT2D eigenvalue weighted by Crippen LogP contribution is 2.25. The molecule has 0 saturated heterocycles. The molecule has 3 aromatic carbocycles. The van der Waals surface area contributed by atoms with Crippen LogP contribution in [0.25, 0.3) is 0 Å². The standard InChI is InChI=1S/C22H18ClN3O4/c1-30-20-12-14(6-11-19(20)27)13-24-26-22(29)17-4-2-3-5-18(17)25-21(28)15-7-9-16(23)10-8-15/h2-13,27H,1H3,(H,25,28)(H,26,29)/b24-13+. The van der Waals surface area contributed by atoms with Gasteiger partial charge in [0.05, 0.1) is 24.6 Å². The Labute approximate surface area is 178 Å². The SMILES string of the molecule is COc1cc(/C=N/NC(=O)c2ccccc2NC(=O)c2ccc(Cl)cc2)ccc1O. The lowest BCUT2D eigenvalue weighted by Gasteiger charge is -2.10. The van der Waals surface area contributed by atoms with E-state index >= 15 is 0 Å². The van der Waals surface area contributed by atoms with Crippen molar-refractivity contribution in [3.8, 4) is 11.5 Å². The zero-order valence-corrected chi connectivity index (χ0v) is 16.7. The smallest absolute Gasteiger partial charge is 0.273 e. The first kappa shape index (κ1) is 20.9. The second-order valence-electron chi connectivity index (χ2n) is 6.14. The van der Waals surface area contributed by atoms with Crippen molar-refractivity contribution in [1.29, 1.82) is 0 Å². The van der Waals surface area contributed by atoms with Gasteiger partial charge < -0.3 is 15.2 Å². The number of anilines is 1. The number of nitrogens with one attached hydrogen (secondary N) is 2. The van der Waals surface area contributed by atoms with Crippen LogP contribution in [0.4, 0.5) is 5.69 Å². The molecule has 0 bridgehead atoms. The summed E-state index contributed by atoms with van der Waals surface area (Å²) in [7, 11) is 1.44. The average Bonchev–Trinajstić information content (AvgIpc) is 2.75. The highest BCUT2D eigenvalue weighted by Gasteiger charge is 2.13. The maximum absolute atomic E-state index is 12.5. The van der Waals surface area contributed by atoms with Gasteiger partial charge in [0.2, 0.25) is 0 Å². The molecule has 3 rings (SSSR count). The Bertz CT molecular complexity index is 1100. The molecule has 30 heavy (non-hydrogen) atoms. The van der Waals surface area contributed by atoms with E-state index in [1.54, 1.807) is 60.7 Å². The van der Waals surface area contributed by atoms with E-state index in [0.29, 0.717) is 27.6 Å². The van der Waals surface area contributed by atoms with E-state index in [1.807, 2.05) is 0 Å². The molecule has 0 aromatic heterocycles. The maximum Gasteiger partial charge on any atom is 0.273 e. The van der Waals surface area contributed by atoms with Crippen LogP contribution in [0.2, 0.25) is 5.02 Å². The fraction of sp³-hybridized carbons (Fsp3) is 0.0455. The van der Waals surface area contributed by atoms with Crippen LogP contribution in [0.1, 0.15) is 26.3 Å². The summed E-state index contributed by atoms with van der Waals surface area (Å²) in [5, 5.41) is 16.8. The van der Waals surface area contributed by atoms with E-state index in [1.165, 1.54) is 19.4 Å². The van der Waals surface area contributed by atoms with E-state index < -0.39 is 5.91 Å². The first-order valence-electron chi connectivity index (χ1n) is 8.84. The van der Waals surface area contributed by atoms with E-state index in [2.05, 4.69) is 15.8 Å². The number of hydrazone groups is 1. The molecular formula is C22H18ClN3O4. The summed E-state index contributed by atoms with van der Waals surface area (Å²) in [5.74, 6) is -0.569. The Hall–Kier alpha value is -3.84. The summed E-state index contributed by atoms with van der Waals surface area (Å²) in [6.07, 6.45) is 1.41. The van der Waals surface area contributed by atoms with E-state index in [-0.39, 0.29) is 17.2 Å². The molecule has 152 valence electrons. The van der Waals surface area contributed by atoms with Gasteiger partial charge >= 0.3 is 0 Å². The first-order chi connectivity index (χ1) is 14.5. The minimum absolute atomic E-state index is 0.00374. The Kier molecular flexibility index (Phi) is 6.67. The summed E-state index contributed by atoms with van der Waals surface area (Å²) in [5.41, 5.74) is 4.04. The third kappa shape index (κ3) is 5.15. The molecule has 0 aliphatic heterocycles. The highest BCUT2D eigenvalue weighted by atomic mass is 35.5. The first-order valence-corrected chi connectivity index (χ1v) is 9.22. The number of phenols is 1. The Morgan fingerprint density at radius 3 is 2.50 bits per heavy atom. The highest BCUT2D eigenvalue weighted by molar-refractivity contribution is 6.30. The number of carbonyl (C=O) groups is 2. The molecule has 8 heteroatoms. The van der Waals surface area contributed by atoms with Gasteiger partial charge in [-0.3, -0.25) is 9.59 Å². The topological polar surface area (TPSA) is 100 Å². The molecule has 2 amide bonds. The molecule has 0 spiro atoms. The summed E-state index contributed by atoms with van der Waals surface area (Å²) in [4.78, 5) is 25.0. The number of ether oxygens (including phenoxy) is 1. The lowest BCUT2D eigenvalue weighted by molar-refractivity contribution is 0.0956. The number of hydrogen-bond acceptors (Lipinski definition) is 5. The van der Waals surface area contributed by atoms with E-state index in [4.69, 9.17) is 16.3 Å². The molecule has 0 radical (unpaired) electrons. The Balaban J connectivity index is 1.71. The summed E-state index contributed by atoms with van der Waals surface area (Å²) in [6, 6.07) is 17.7. The monoisotopic (exact) mass is 423 g/mol. The number of rotatable bonds is 6. The molecule has 0 heterocycles. The number of halogens is 1. The van der Waals surface area contributed by atoms with Gasteiger partial charge in [-0.05, 0) is 60.2 Å². The van der Waals surface area contributed by atoms with Crippen LogP contribution in [0, 0.1) is 0 Å². The van der Waals surface area contributed by atoms with Gasteiger partial charge in [-0.15, -0.1) is 0 Å². The van der Waals surface area contributed by atoms with Gasteiger partial charge in [0.25, 0.3) is 11.8 Å². The van der Waals surface area contributed by atoms with Gasteiger partial charge in [-0.1, -0.05) is 23.7 Å². The van der Waals surface area contributed by atoms with Crippen molar-refractivity contribution in [2.45, 2.75) is 0 Å². The molecule has 0 unspecified atom stereocenters. The number of methoxy groups -OCH3 is 1. The molecule has 3 aromatic rings. The number of para-hydroxylation sites is 1. The molecule has 0 aliphatic rings. The second kappa shape index (κ2) is 9.58. The predicted octanol–water partition coefficient (Wildman–Crippen LogP) is 4.07. The third-order valence-electron chi connectivity index (χ3n) is 4.11. The molecule has 0 atom stereocenters. The van der Waals surface area contributed by atoms with Crippen LogP contribution in [-0.4, -0.2) is 30.2 Å². The van der Waals surface area contributed by atoms with Gasteiger partial charge in [0, 0.05) is 10.6 Å². The molecule has 0 saturated carbocycles. The predicted molar refractivity (Wildman–Crippen MR) is 116 cm³/mol. The van der Waals surface area contributed by atoms with Crippen molar-refractivity contribution in [3.63, 3.8) is 0 Å². The van der Waals surface area contributed by atoms with Crippen LogP contribution in [0.15, 0.2) is 71.8 Å². The van der Waals surface area contributed by atoms with Crippen molar-refractivity contribution in [3.05, 3.63) is 88.4 Å². The summed E-state index contributed by atoms with van der Waals surface area (Å²) in [6.45, 7) is 0. The minimum Gasteiger partial charge on any atom is -0.504 e. The molecule has 0 aliphatic carbocycles. The number of hydrogen-bond donors (Lipinski definition) is 3. The Morgan fingerprint density at radius 2 is 1.77 bits per heavy atom. The van der Waals surface area contributed by atoms with Crippen LogP contribution < -0.4 is 15.5 Å². The second-order valence-corrected chi connectivity index (χ2v) is 6.57. The van der Waals surface area contributed by atoms with Crippen molar-refractivity contribution in [2.24, 2.45) is 5.10 Å². The van der Waals surface area contributed by atoms with Crippen LogP contribution in [0.5, 0.6) is 11.5 Å². The minimum atomic E-state index is -0.496. The lowest BCUT2D eigenvalue weighted by atomic mass is 10.1. The number of phenolic OH excluding ortho intramolecular Hbond substituents is 1. The molecule has 0 fully saturated rings. The van der Waals surface area contributed by atoms with Crippen molar-refractivity contribution in [1.82, 2.24) is 5.43 Å². The fourth-order valence-corrected chi connectivity index (χ4v) is 2.71. The normalized spacial score (nSPS) is 10.6. The van der Waals surface area contributed by atoms with E-state index in [9.17, 15) is 14.7 Å². The average molecular weight is 424 g/mol. The summed E-state index contributed by atoms with van der Waals surface area (Å²) >= 11 is 5.84. The third-order valence-corrected chi connectivity index (χ3v) is 4.36. The number of amides is 2. The van der Waals surface area contributed by atoms with Crippen molar-refractivity contribution in [2.75, 3.05) is 12.4 Å². The van der Waals surface area contributed by atoms with Crippen LogP contribution in [-0.2, 0) is 0 Å². The Morgan fingerprint density at radius 1 is 1.03 bits per heavy atom. The van der Waals surface area contributed by atoms with Crippen LogP contribution >= 0.6 is 11.6 Å². The largest absolute Gasteiger partial charge is 0.504 e. The lowest BCUT2D eigenvalue weighted by Crippen LogP contribution is -2.21. The number of benzene rings is 3. The van der Waals surface area contributed by atoms with Crippen molar-refractivity contribution >= 4 is 35.3 Å². The number of carbonyl (C=O) groups excluding carboxylic acids is 2. The van der Waals surface area contributed by atoms with E-state index in [0.717, 1.165) is 0 Å². The quantitative estimate of drug-likeness (QED) is 0.411. The zero-order chi connectivity index (χ0) is 21.5.